The molecule has 0 aromatic heterocycles. The van der Waals surface area contributed by atoms with Gasteiger partial charge in [0.25, 0.3) is 0 Å². The van der Waals surface area contributed by atoms with Crippen LogP contribution in [0.4, 0.5) is 0 Å². The molecule has 0 aromatic carbocycles. The number of rotatable bonds is 0. The largest absolute Gasteiger partial charge is 0.433 e. The van der Waals surface area contributed by atoms with E-state index in [0.717, 1.165) is 12.7 Å². The molecule has 0 aromatic rings. The van der Waals surface area contributed by atoms with Crippen molar-refractivity contribution in [2.75, 3.05) is 12.7 Å². The third kappa shape index (κ3) is 0.469. The van der Waals surface area contributed by atoms with Crippen molar-refractivity contribution in [2.24, 2.45) is 0 Å². The van der Waals surface area contributed by atoms with Crippen molar-refractivity contribution in [2.45, 2.75) is 0 Å². The fourth-order valence-corrected chi connectivity index (χ4v) is 0.609. The number of hydrogen-bond donors (Lipinski definition) is 1. The zero-order valence-electron chi connectivity index (χ0n) is 2.77. The highest BCUT2D eigenvalue weighted by molar-refractivity contribution is 7.44. The molecule has 0 spiro atoms. The lowest BCUT2D eigenvalue weighted by atomic mass is 10.8. The summed E-state index contributed by atoms with van der Waals surface area (Å²) in [5.41, 5.74) is 0. The second-order valence-corrected chi connectivity index (χ2v) is 2.53. The Morgan fingerprint density at radius 3 is 2.20 bits per heavy atom. The monoisotopic (exact) mass is 90.0 g/mol. The van der Waals surface area contributed by atoms with Gasteiger partial charge in [0.05, 0.1) is 6.54 Å². The third-order valence-corrected chi connectivity index (χ3v) is 1.81. The summed E-state index contributed by atoms with van der Waals surface area (Å²) >= 11 is 0. The number of hydrogen-bond acceptors (Lipinski definition) is 1. The van der Waals surface area contributed by atoms with Crippen LogP contribution in [0.2, 0.25) is 0 Å². The summed E-state index contributed by atoms with van der Waals surface area (Å²) in [6.07, 6.45) is 0.884. The Labute approximate surface area is 31.4 Å². The molecule has 0 aliphatic carbocycles. The molecule has 1 rings (SSSR count). The van der Waals surface area contributed by atoms with Crippen LogP contribution < -0.4 is 5.09 Å². The summed E-state index contributed by atoms with van der Waals surface area (Å²) in [4.78, 5) is 0. The first-order valence-corrected chi connectivity index (χ1v) is 3.02. The van der Waals surface area contributed by atoms with Crippen LogP contribution in [0.25, 0.3) is 0 Å². The zero-order valence-corrected chi connectivity index (χ0v) is 3.66. The Bertz CT molecular complexity index is 56.7. The van der Waals surface area contributed by atoms with Gasteiger partial charge < -0.3 is 0 Å². The summed E-state index contributed by atoms with van der Waals surface area (Å²) < 4.78 is 9.94. The van der Waals surface area contributed by atoms with Gasteiger partial charge in [-0.1, -0.05) is 4.57 Å². The van der Waals surface area contributed by atoms with Crippen LogP contribution in [0, 0.1) is 0 Å². The van der Waals surface area contributed by atoms with E-state index in [-0.39, 0.29) is 0 Å². The molecule has 0 bridgehead atoms. The van der Waals surface area contributed by atoms with E-state index in [9.17, 15) is 4.57 Å². The van der Waals surface area contributed by atoms with Crippen LogP contribution in [0.15, 0.2) is 0 Å². The van der Waals surface area contributed by atoms with Gasteiger partial charge in [0.1, 0.15) is 0 Å². The van der Waals surface area contributed by atoms with E-state index in [1.807, 2.05) is 0 Å². The van der Waals surface area contributed by atoms with Crippen molar-refractivity contribution in [3.63, 3.8) is 0 Å². The van der Waals surface area contributed by atoms with Gasteiger partial charge in [-0.25, -0.2) is 0 Å². The molecule has 28 valence electrons. The second-order valence-electron chi connectivity index (χ2n) is 1.01. The Balaban J connectivity index is 2.32. The van der Waals surface area contributed by atoms with Crippen LogP contribution in [-0.2, 0) is 4.57 Å². The predicted octanol–water partition coefficient (Wildman–Crippen LogP) is 0.332. The Kier molecular flexibility index (Phi) is 0.674. The molecule has 3 heteroatoms. The summed E-state index contributed by atoms with van der Waals surface area (Å²) in [5.74, 6) is 0. The average molecular weight is 90.0 g/mol. The molecule has 1 aliphatic heterocycles. The number of nitrogens with one attached hydrogen (secondary N) is 1. The van der Waals surface area contributed by atoms with Crippen LogP contribution in [-0.4, -0.2) is 12.7 Å². The molecular formula is C2H5NOP+. The van der Waals surface area contributed by atoms with E-state index in [4.69, 9.17) is 0 Å². The maximum absolute atomic E-state index is 9.94. The summed E-state index contributed by atoms with van der Waals surface area (Å²) in [5, 5.41) is 2.72. The van der Waals surface area contributed by atoms with Crippen molar-refractivity contribution < 1.29 is 4.57 Å². The molecular weight excluding hydrogens is 85.0 g/mol. The van der Waals surface area contributed by atoms with Gasteiger partial charge in [-0.05, 0) is 0 Å². The first-order valence-electron chi connectivity index (χ1n) is 1.58. The highest BCUT2D eigenvalue weighted by Gasteiger charge is 2.24. The van der Waals surface area contributed by atoms with Crippen LogP contribution in [0.5, 0.6) is 0 Å². The summed E-state index contributed by atoms with van der Waals surface area (Å²) in [7, 11) is -0.918. The predicted molar refractivity (Wildman–Crippen MR) is 20.5 cm³/mol. The first-order chi connectivity index (χ1) is 2.39. The highest BCUT2D eigenvalue weighted by atomic mass is 31.1. The van der Waals surface area contributed by atoms with Gasteiger partial charge in [0.2, 0.25) is 0 Å². The molecule has 5 heavy (non-hydrogen) atoms. The molecule has 1 saturated heterocycles. The SMILES string of the molecule is O=[P+]1CCN1. The van der Waals surface area contributed by atoms with E-state index in [1.54, 1.807) is 0 Å². The molecule has 1 atom stereocenters. The van der Waals surface area contributed by atoms with Crippen molar-refractivity contribution >= 4 is 7.95 Å². The Hall–Kier alpha value is 0.0600. The molecule has 0 saturated carbocycles. The maximum atomic E-state index is 9.94. The molecule has 1 N–H and O–H groups in total. The first kappa shape index (κ1) is 3.26. The molecule has 0 amide bonds. The highest BCUT2D eigenvalue weighted by Crippen LogP contribution is 2.19. The van der Waals surface area contributed by atoms with E-state index in [2.05, 4.69) is 5.09 Å². The fraction of sp³-hybridized carbons (Fsp3) is 1.00. The van der Waals surface area contributed by atoms with Gasteiger partial charge in [-0.3, -0.25) is 0 Å². The molecule has 1 fully saturated rings. The van der Waals surface area contributed by atoms with Gasteiger partial charge in [0, 0.05) is 0 Å². The van der Waals surface area contributed by atoms with Crippen molar-refractivity contribution in [1.29, 1.82) is 0 Å². The van der Waals surface area contributed by atoms with E-state index < -0.39 is 7.95 Å². The van der Waals surface area contributed by atoms with E-state index in [1.165, 1.54) is 0 Å². The fourth-order valence-electron chi connectivity index (χ4n) is 0.203. The van der Waals surface area contributed by atoms with Crippen molar-refractivity contribution in [3.8, 4) is 0 Å². The lowest BCUT2D eigenvalue weighted by Gasteiger charge is -1.92. The van der Waals surface area contributed by atoms with Gasteiger partial charge in [-0.2, -0.15) is 0 Å². The van der Waals surface area contributed by atoms with Crippen molar-refractivity contribution in [1.82, 2.24) is 5.09 Å². The molecule has 1 aliphatic rings. The smallest absolute Gasteiger partial charge is 0.105 e. The minimum atomic E-state index is -0.918. The Morgan fingerprint density at radius 1 is 1.80 bits per heavy atom. The quantitative estimate of drug-likeness (QED) is 0.434. The lowest BCUT2D eigenvalue weighted by molar-refractivity contribution is 0.568. The standard InChI is InChI=1S/C2H5NOP/c4-5-2-1-3-5/h1-2H2,(H,3,4)/q+1. The summed E-state index contributed by atoms with van der Waals surface area (Å²) in [6, 6.07) is 0. The van der Waals surface area contributed by atoms with Crippen LogP contribution in [0.3, 0.4) is 0 Å². The van der Waals surface area contributed by atoms with E-state index >= 15 is 0 Å². The topological polar surface area (TPSA) is 29.1 Å². The Morgan fingerprint density at radius 2 is 2.20 bits per heavy atom. The van der Waals surface area contributed by atoms with Gasteiger partial charge in [-0.15, -0.1) is 5.09 Å². The second kappa shape index (κ2) is 1.04. The molecule has 0 radical (unpaired) electrons. The normalized spacial score (nSPS) is 29.2. The molecule has 1 heterocycles. The minimum Gasteiger partial charge on any atom is -0.105 e. The molecule has 1 unspecified atom stereocenters. The van der Waals surface area contributed by atoms with Crippen LogP contribution in [0.1, 0.15) is 0 Å². The average Bonchev–Trinajstić information content (AvgIpc) is 1.30. The van der Waals surface area contributed by atoms with Crippen LogP contribution >= 0.6 is 7.95 Å². The minimum absolute atomic E-state index is 0.884. The third-order valence-electron chi connectivity index (χ3n) is 0.603. The summed E-state index contributed by atoms with van der Waals surface area (Å²) in [6.45, 7) is 0.954. The lowest BCUT2D eigenvalue weighted by Crippen LogP contribution is -2.20. The zero-order chi connectivity index (χ0) is 3.70. The van der Waals surface area contributed by atoms with Gasteiger partial charge >= 0.3 is 7.95 Å². The maximum Gasteiger partial charge on any atom is 0.433 e. The van der Waals surface area contributed by atoms with Crippen molar-refractivity contribution in [3.05, 3.63) is 0 Å². The van der Waals surface area contributed by atoms with E-state index in [0.29, 0.717) is 0 Å². The molecule has 2 nitrogen and oxygen atoms in total. The van der Waals surface area contributed by atoms with Gasteiger partial charge in [0.15, 0.2) is 6.16 Å².